The van der Waals surface area contributed by atoms with Crippen molar-refractivity contribution in [3.63, 3.8) is 0 Å². The van der Waals surface area contributed by atoms with Crippen molar-refractivity contribution in [3.05, 3.63) is 29.3 Å². The molecule has 1 fully saturated rings. The quantitative estimate of drug-likeness (QED) is 0.797. The van der Waals surface area contributed by atoms with Crippen LogP contribution < -0.4 is 9.62 Å². The van der Waals surface area contributed by atoms with E-state index in [4.69, 9.17) is 11.6 Å². The van der Waals surface area contributed by atoms with Gasteiger partial charge in [-0.2, -0.15) is 0 Å². The Labute approximate surface area is 140 Å². The van der Waals surface area contributed by atoms with Gasteiger partial charge in [0.1, 0.15) is 6.54 Å². The lowest BCUT2D eigenvalue weighted by atomic mass is 10.2. The van der Waals surface area contributed by atoms with Crippen molar-refractivity contribution in [2.45, 2.75) is 12.5 Å². The summed E-state index contributed by atoms with van der Waals surface area (Å²) in [5.41, 5.74) is 0.200. The molecule has 1 aliphatic heterocycles. The Hall–Kier alpha value is -1.32. The topological polar surface area (TPSA) is 101 Å². The third-order valence-electron chi connectivity index (χ3n) is 3.41. The van der Waals surface area contributed by atoms with Crippen LogP contribution in [0.25, 0.3) is 0 Å². The second kappa shape index (κ2) is 6.66. The summed E-state index contributed by atoms with van der Waals surface area (Å²) in [7, 11) is -6.85. The van der Waals surface area contributed by atoms with E-state index in [-0.39, 0.29) is 22.2 Å². The Balaban J connectivity index is 2.13. The predicted octanol–water partition coefficient (Wildman–Crippen LogP) is 0.409. The fourth-order valence-corrected chi connectivity index (χ4v) is 5.18. The zero-order valence-corrected chi connectivity index (χ0v) is 14.8. The first kappa shape index (κ1) is 18.0. The average Bonchev–Trinajstić information content (AvgIpc) is 2.75. The number of sulfonamides is 1. The molecule has 2 rings (SSSR count). The van der Waals surface area contributed by atoms with E-state index in [0.29, 0.717) is 6.42 Å². The number of rotatable bonds is 5. The number of anilines is 1. The Morgan fingerprint density at radius 2 is 2.04 bits per heavy atom. The number of hydrogen-bond donors (Lipinski definition) is 1. The smallest absolute Gasteiger partial charge is 0.241 e. The van der Waals surface area contributed by atoms with Crippen LogP contribution in [0.3, 0.4) is 0 Å². The van der Waals surface area contributed by atoms with E-state index in [0.717, 1.165) is 10.6 Å². The SMILES string of the molecule is CS(=O)(=O)N(CC(=O)NC1CCS(=O)(=O)C1)c1ccccc1Cl. The van der Waals surface area contributed by atoms with E-state index < -0.39 is 38.4 Å². The van der Waals surface area contributed by atoms with Crippen LogP contribution in [0.2, 0.25) is 5.02 Å². The van der Waals surface area contributed by atoms with E-state index in [1.807, 2.05) is 0 Å². The number of benzene rings is 1. The summed E-state index contributed by atoms with van der Waals surface area (Å²) in [6, 6.07) is 5.80. The number of carbonyl (C=O) groups excluding carboxylic acids is 1. The second-order valence-corrected chi connectivity index (χ2v) is 9.93. The molecule has 1 aromatic carbocycles. The third kappa shape index (κ3) is 4.82. The van der Waals surface area contributed by atoms with Gasteiger partial charge in [-0.3, -0.25) is 9.10 Å². The molecule has 1 aliphatic rings. The van der Waals surface area contributed by atoms with Crippen molar-refractivity contribution in [1.82, 2.24) is 5.32 Å². The number of halogens is 1. The lowest BCUT2D eigenvalue weighted by Gasteiger charge is -2.23. The Morgan fingerprint density at radius 3 is 2.57 bits per heavy atom. The fourth-order valence-electron chi connectivity index (χ4n) is 2.35. The maximum atomic E-state index is 12.1. The number of sulfone groups is 1. The molecular formula is C13H17ClN2O5S2. The largest absolute Gasteiger partial charge is 0.351 e. The van der Waals surface area contributed by atoms with Crippen LogP contribution in [-0.2, 0) is 24.7 Å². The molecule has 1 saturated heterocycles. The molecule has 1 amide bonds. The Kier molecular flexibility index (Phi) is 5.22. The van der Waals surface area contributed by atoms with Gasteiger partial charge in [-0.05, 0) is 18.6 Å². The minimum Gasteiger partial charge on any atom is -0.351 e. The zero-order valence-electron chi connectivity index (χ0n) is 12.4. The van der Waals surface area contributed by atoms with E-state index in [1.165, 1.54) is 12.1 Å². The van der Waals surface area contributed by atoms with Gasteiger partial charge in [0.05, 0.1) is 28.5 Å². The highest BCUT2D eigenvalue weighted by Crippen LogP contribution is 2.26. The van der Waals surface area contributed by atoms with Crippen LogP contribution in [0.1, 0.15) is 6.42 Å². The minimum absolute atomic E-state index is 0.0260. The summed E-state index contributed by atoms with van der Waals surface area (Å²) in [4.78, 5) is 12.1. The highest BCUT2D eigenvalue weighted by molar-refractivity contribution is 7.92. The van der Waals surface area contributed by atoms with Crippen molar-refractivity contribution in [1.29, 1.82) is 0 Å². The molecule has 1 heterocycles. The van der Waals surface area contributed by atoms with Gasteiger partial charge in [-0.25, -0.2) is 16.8 Å². The van der Waals surface area contributed by atoms with Gasteiger partial charge in [0.15, 0.2) is 9.84 Å². The molecule has 0 aromatic heterocycles. The van der Waals surface area contributed by atoms with E-state index >= 15 is 0 Å². The monoisotopic (exact) mass is 380 g/mol. The molecule has 10 heteroatoms. The molecule has 1 atom stereocenters. The predicted molar refractivity (Wildman–Crippen MR) is 88.8 cm³/mol. The second-order valence-electron chi connectivity index (χ2n) is 5.39. The van der Waals surface area contributed by atoms with E-state index in [9.17, 15) is 21.6 Å². The maximum absolute atomic E-state index is 12.1. The van der Waals surface area contributed by atoms with Crippen LogP contribution in [0.5, 0.6) is 0 Å². The summed E-state index contributed by atoms with van der Waals surface area (Å²) in [5.74, 6) is -0.667. The first-order valence-electron chi connectivity index (χ1n) is 6.80. The fraction of sp³-hybridized carbons (Fsp3) is 0.462. The molecular weight excluding hydrogens is 364 g/mol. The lowest BCUT2D eigenvalue weighted by Crippen LogP contribution is -2.44. The van der Waals surface area contributed by atoms with Crippen LogP contribution in [-0.4, -0.2) is 53.1 Å². The van der Waals surface area contributed by atoms with E-state index in [1.54, 1.807) is 12.1 Å². The molecule has 0 aliphatic carbocycles. The van der Waals surface area contributed by atoms with Crippen molar-refractivity contribution in [2.24, 2.45) is 0 Å². The standard InChI is InChI=1S/C13H17ClN2O5S2/c1-22(18,19)16(12-5-3-2-4-11(12)14)8-13(17)15-10-6-7-23(20,21)9-10/h2-5,10H,6-9H2,1H3,(H,15,17). The number of carbonyl (C=O) groups is 1. The van der Waals surface area contributed by atoms with Gasteiger partial charge in [0, 0.05) is 6.04 Å². The molecule has 1 unspecified atom stereocenters. The third-order valence-corrected chi connectivity index (χ3v) is 6.62. The molecule has 23 heavy (non-hydrogen) atoms. The van der Waals surface area contributed by atoms with Crippen LogP contribution in [0.15, 0.2) is 24.3 Å². The molecule has 0 spiro atoms. The number of nitrogens with zero attached hydrogens (tertiary/aromatic N) is 1. The summed E-state index contributed by atoms with van der Waals surface area (Å²) in [6.45, 7) is -0.459. The Morgan fingerprint density at radius 1 is 1.39 bits per heavy atom. The van der Waals surface area contributed by atoms with Gasteiger partial charge < -0.3 is 5.32 Å². The highest BCUT2D eigenvalue weighted by Gasteiger charge is 2.30. The van der Waals surface area contributed by atoms with Crippen LogP contribution in [0.4, 0.5) is 5.69 Å². The summed E-state index contributed by atoms with van der Waals surface area (Å²) in [5, 5.41) is 2.76. The summed E-state index contributed by atoms with van der Waals surface area (Å²) >= 11 is 6.00. The molecule has 0 radical (unpaired) electrons. The van der Waals surface area contributed by atoms with Crippen LogP contribution in [0, 0.1) is 0 Å². The van der Waals surface area contributed by atoms with Crippen molar-refractivity contribution in [2.75, 3.05) is 28.6 Å². The molecule has 7 nitrogen and oxygen atoms in total. The number of amides is 1. The van der Waals surface area contributed by atoms with E-state index in [2.05, 4.69) is 5.32 Å². The Bertz CT molecular complexity index is 807. The number of nitrogens with one attached hydrogen (secondary N) is 1. The molecule has 128 valence electrons. The summed E-state index contributed by atoms with van der Waals surface area (Å²) in [6.07, 6.45) is 1.31. The average molecular weight is 381 g/mol. The van der Waals surface area contributed by atoms with Gasteiger partial charge in [-0.1, -0.05) is 23.7 Å². The molecule has 1 N–H and O–H groups in total. The molecule has 1 aromatic rings. The zero-order chi connectivity index (χ0) is 17.3. The lowest BCUT2D eigenvalue weighted by molar-refractivity contribution is -0.120. The number of para-hydroxylation sites is 1. The normalized spacial score (nSPS) is 20.2. The first-order valence-corrected chi connectivity index (χ1v) is 10.9. The summed E-state index contributed by atoms with van der Waals surface area (Å²) < 4.78 is 47.6. The number of hydrogen-bond acceptors (Lipinski definition) is 5. The maximum Gasteiger partial charge on any atom is 0.241 e. The minimum atomic E-state index is -3.72. The molecule has 0 bridgehead atoms. The first-order chi connectivity index (χ1) is 10.6. The van der Waals surface area contributed by atoms with Gasteiger partial charge in [0.25, 0.3) is 0 Å². The van der Waals surface area contributed by atoms with Crippen LogP contribution >= 0.6 is 11.6 Å². The van der Waals surface area contributed by atoms with Crippen molar-refractivity contribution < 1.29 is 21.6 Å². The van der Waals surface area contributed by atoms with Crippen molar-refractivity contribution in [3.8, 4) is 0 Å². The highest BCUT2D eigenvalue weighted by atomic mass is 35.5. The molecule has 0 saturated carbocycles. The van der Waals surface area contributed by atoms with Crippen molar-refractivity contribution >= 4 is 43.1 Å². The van der Waals surface area contributed by atoms with Gasteiger partial charge >= 0.3 is 0 Å². The van der Waals surface area contributed by atoms with Gasteiger partial charge in [0.2, 0.25) is 15.9 Å². The van der Waals surface area contributed by atoms with Gasteiger partial charge in [-0.15, -0.1) is 0 Å².